The Bertz CT molecular complexity index is 1230. The van der Waals surface area contributed by atoms with Crippen molar-refractivity contribution < 1.29 is 14.3 Å². The normalized spacial score (nSPS) is 13.8. The standard InChI is InChI=1S/C25H23N5O3S/c1-18(31)30(23-5-3-2-4-6-23)25-28-21(17-34-25)15-19(16-26)24(32)27-20-7-9-22(10-8-20)29-11-13-33-14-12-29/h2-10,15,17H,11-14H2,1H3,(H,27,32)/b19-15+. The Morgan fingerprint density at radius 3 is 2.50 bits per heavy atom. The molecule has 0 bridgehead atoms. The van der Waals surface area contributed by atoms with E-state index in [2.05, 4.69) is 15.2 Å². The fraction of sp³-hybridized carbons (Fsp3) is 0.200. The maximum atomic E-state index is 12.7. The van der Waals surface area contributed by atoms with Crippen molar-refractivity contribution in [2.24, 2.45) is 0 Å². The van der Waals surface area contributed by atoms with Gasteiger partial charge in [-0.1, -0.05) is 18.2 Å². The Balaban J connectivity index is 1.47. The molecule has 0 spiro atoms. The molecule has 1 saturated heterocycles. The van der Waals surface area contributed by atoms with Crippen LogP contribution in [0.4, 0.5) is 22.2 Å². The highest BCUT2D eigenvalue weighted by molar-refractivity contribution is 7.14. The van der Waals surface area contributed by atoms with Crippen LogP contribution in [0.25, 0.3) is 6.08 Å². The molecule has 2 aromatic carbocycles. The Hall–Kier alpha value is -4.00. The van der Waals surface area contributed by atoms with E-state index < -0.39 is 5.91 Å². The van der Waals surface area contributed by atoms with Gasteiger partial charge in [0.05, 0.1) is 24.6 Å². The van der Waals surface area contributed by atoms with Crippen molar-refractivity contribution in [3.63, 3.8) is 0 Å². The number of carbonyl (C=O) groups excluding carboxylic acids is 2. The van der Waals surface area contributed by atoms with Crippen molar-refractivity contribution in [3.05, 3.63) is 71.2 Å². The van der Waals surface area contributed by atoms with Crippen molar-refractivity contribution in [1.29, 1.82) is 5.26 Å². The number of rotatable bonds is 6. The van der Waals surface area contributed by atoms with Gasteiger partial charge >= 0.3 is 0 Å². The lowest BCUT2D eigenvalue weighted by atomic mass is 10.2. The molecule has 172 valence electrons. The number of ether oxygens (including phenoxy) is 1. The Morgan fingerprint density at radius 1 is 1.15 bits per heavy atom. The number of para-hydroxylation sites is 1. The van der Waals surface area contributed by atoms with Crippen molar-refractivity contribution >= 4 is 51.4 Å². The third-order valence-corrected chi connectivity index (χ3v) is 6.03. The third kappa shape index (κ3) is 5.49. The molecular formula is C25H23N5O3S. The minimum absolute atomic E-state index is 0.0804. The molecule has 34 heavy (non-hydrogen) atoms. The van der Waals surface area contributed by atoms with E-state index >= 15 is 0 Å². The first-order chi connectivity index (χ1) is 16.5. The number of carbonyl (C=O) groups is 2. The predicted molar refractivity (Wildman–Crippen MR) is 133 cm³/mol. The predicted octanol–water partition coefficient (Wildman–Crippen LogP) is 4.21. The third-order valence-electron chi connectivity index (χ3n) is 5.19. The van der Waals surface area contributed by atoms with Gasteiger partial charge in [-0.3, -0.25) is 14.5 Å². The number of aromatic nitrogens is 1. The first-order valence-electron chi connectivity index (χ1n) is 10.7. The van der Waals surface area contributed by atoms with Gasteiger partial charge in [0.25, 0.3) is 5.91 Å². The van der Waals surface area contributed by atoms with E-state index in [9.17, 15) is 14.9 Å². The van der Waals surface area contributed by atoms with Gasteiger partial charge in [0, 0.05) is 36.8 Å². The molecule has 8 nitrogen and oxygen atoms in total. The van der Waals surface area contributed by atoms with E-state index in [-0.39, 0.29) is 11.5 Å². The van der Waals surface area contributed by atoms with E-state index in [4.69, 9.17) is 4.74 Å². The van der Waals surface area contributed by atoms with Crippen LogP contribution < -0.4 is 15.1 Å². The molecule has 1 aromatic heterocycles. The number of nitrogens with one attached hydrogen (secondary N) is 1. The zero-order chi connectivity index (χ0) is 23.9. The Morgan fingerprint density at radius 2 is 1.85 bits per heavy atom. The lowest BCUT2D eigenvalue weighted by Gasteiger charge is -2.28. The van der Waals surface area contributed by atoms with Gasteiger partial charge in [-0.2, -0.15) is 5.26 Å². The van der Waals surface area contributed by atoms with Crippen molar-refractivity contribution in [3.8, 4) is 6.07 Å². The smallest absolute Gasteiger partial charge is 0.266 e. The highest BCUT2D eigenvalue weighted by Gasteiger charge is 2.18. The van der Waals surface area contributed by atoms with Crippen molar-refractivity contribution in [2.45, 2.75) is 6.92 Å². The molecule has 0 saturated carbocycles. The summed E-state index contributed by atoms with van der Waals surface area (Å²) in [6.45, 7) is 4.51. The van der Waals surface area contributed by atoms with Crippen LogP contribution >= 0.6 is 11.3 Å². The summed E-state index contributed by atoms with van der Waals surface area (Å²) in [7, 11) is 0. The number of benzene rings is 2. The van der Waals surface area contributed by atoms with Crippen LogP contribution in [0, 0.1) is 11.3 Å². The van der Waals surface area contributed by atoms with Crippen LogP contribution in [0.15, 0.2) is 65.6 Å². The van der Waals surface area contributed by atoms with Crippen LogP contribution in [0.1, 0.15) is 12.6 Å². The van der Waals surface area contributed by atoms with Crippen LogP contribution in [-0.2, 0) is 14.3 Å². The van der Waals surface area contributed by atoms with Gasteiger partial charge in [0.15, 0.2) is 5.13 Å². The molecule has 1 aliphatic heterocycles. The molecule has 0 atom stereocenters. The summed E-state index contributed by atoms with van der Waals surface area (Å²) in [4.78, 5) is 33.1. The number of anilines is 4. The minimum Gasteiger partial charge on any atom is -0.378 e. The zero-order valence-corrected chi connectivity index (χ0v) is 19.4. The van der Waals surface area contributed by atoms with Crippen LogP contribution in [0.3, 0.4) is 0 Å². The molecule has 9 heteroatoms. The Kier molecular flexibility index (Phi) is 7.32. The fourth-order valence-corrected chi connectivity index (χ4v) is 4.37. The van der Waals surface area contributed by atoms with Gasteiger partial charge in [-0.25, -0.2) is 4.98 Å². The largest absolute Gasteiger partial charge is 0.378 e. The molecule has 2 amide bonds. The molecule has 1 N–H and O–H groups in total. The van der Waals surface area contributed by atoms with Crippen LogP contribution in [-0.4, -0.2) is 43.1 Å². The van der Waals surface area contributed by atoms with Gasteiger partial charge in [-0.05, 0) is 42.5 Å². The SMILES string of the molecule is CC(=O)N(c1ccccc1)c1nc(/C=C(\C#N)C(=O)Nc2ccc(N3CCOCC3)cc2)cs1. The highest BCUT2D eigenvalue weighted by Crippen LogP contribution is 2.29. The number of hydrogen-bond acceptors (Lipinski definition) is 7. The molecule has 1 fully saturated rings. The number of amides is 2. The zero-order valence-electron chi connectivity index (χ0n) is 18.6. The minimum atomic E-state index is -0.525. The first kappa shape index (κ1) is 23.2. The quantitative estimate of drug-likeness (QED) is 0.425. The number of nitriles is 1. The monoisotopic (exact) mass is 473 g/mol. The van der Waals surface area contributed by atoms with Crippen LogP contribution in [0.2, 0.25) is 0 Å². The first-order valence-corrected chi connectivity index (χ1v) is 11.6. The maximum absolute atomic E-state index is 12.7. The van der Waals surface area contributed by atoms with Crippen molar-refractivity contribution in [2.75, 3.05) is 41.4 Å². The molecule has 0 unspecified atom stereocenters. The van der Waals surface area contributed by atoms with Gasteiger partial charge < -0.3 is 15.0 Å². The topological polar surface area (TPSA) is 98.6 Å². The second kappa shape index (κ2) is 10.7. The highest BCUT2D eigenvalue weighted by atomic mass is 32.1. The Labute approximate surface area is 201 Å². The molecule has 3 aromatic rings. The molecule has 1 aliphatic rings. The summed E-state index contributed by atoms with van der Waals surface area (Å²) in [6.07, 6.45) is 1.42. The van der Waals surface area contributed by atoms with Gasteiger partial charge in [-0.15, -0.1) is 11.3 Å². The van der Waals surface area contributed by atoms with E-state index in [1.807, 2.05) is 60.7 Å². The number of hydrogen-bond donors (Lipinski definition) is 1. The van der Waals surface area contributed by atoms with E-state index in [1.54, 1.807) is 5.38 Å². The second-order valence-electron chi connectivity index (χ2n) is 7.52. The average Bonchev–Trinajstić information content (AvgIpc) is 3.32. The molecule has 0 radical (unpaired) electrons. The second-order valence-corrected chi connectivity index (χ2v) is 8.35. The van der Waals surface area contributed by atoms with E-state index in [0.717, 1.165) is 18.8 Å². The lowest BCUT2D eigenvalue weighted by Crippen LogP contribution is -2.36. The number of morpholine rings is 1. The summed E-state index contributed by atoms with van der Waals surface area (Å²) in [5.74, 6) is -0.711. The molecule has 2 heterocycles. The summed E-state index contributed by atoms with van der Waals surface area (Å²) in [6, 6.07) is 18.6. The summed E-state index contributed by atoms with van der Waals surface area (Å²) in [5.41, 5.74) is 2.69. The summed E-state index contributed by atoms with van der Waals surface area (Å²) >= 11 is 1.26. The lowest BCUT2D eigenvalue weighted by molar-refractivity contribution is -0.116. The molecule has 4 rings (SSSR count). The molecule has 0 aliphatic carbocycles. The number of nitrogens with zero attached hydrogens (tertiary/aromatic N) is 4. The van der Waals surface area contributed by atoms with Crippen molar-refractivity contribution in [1.82, 2.24) is 4.98 Å². The summed E-state index contributed by atoms with van der Waals surface area (Å²) in [5, 5.41) is 14.5. The van der Waals surface area contributed by atoms with Gasteiger partial charge in [0.2, 0.25) is 5.91 Å². The molecular weight excluding hydrogens is 450 g/mol. The maximum Gasteiger partial charge on any atom is 0.266 e. The fourth-order valence-electron chi connectivity index (χ4n) is 3.52. The van der Waals surface area contributed by atoms with E-state index in [0.29, 0.717) is 35.4 Å². The van der Waals surface area contributed by atoms with Gasteiger partial charge in [0.1, 0.15) is 11.6 Å². The number of thiazole rings is 1. The average molecular weight is 474 g/mol. The van der Waals surface area contributed by atoms with E-state index in [1.165, 1.54) is 29.2 Å². The summed E-state index contributed by atoms with van der Waals surface area (Å²) < 4.78 is 5.37. The van der Waals surface area contributed by atoms with Crippen LogP contribution in [0.5, 0.6) is 0 Å².